The van der Waals surface area contributed by atoms with Crippen LogP contribution in [0, 0.1) is 13.8 Å². The molecule has 5 heteroatoms. The molecular weight excluding hydrogens is 374 g/mol. The Morgan fingerprint density at radius 1 is 1.17 bits per heavy atom. The first kappa shape index (κ1) is 16.0. The van der Waals surface area contributed by atoms with Gasteiger partial charge in [0.05, 0.1) is 10.7 Å². The summed E-state index contributed by atoms with van der Waals surface area (Å²) in [5.74, 6) is 0.911. The van der Waals surface area contributed by atoms with Crippen molar-refractivity contribution in [2.75, 3.05) is 0 Å². The van der Waals surface area contributed by atoms with Crippen LogP contribution >= 0.6 is 27.5 Å². The van der Waals surface area contributed by atoms with E-state index in [0.29, 0.717) is 5.02 Å². The number of nitrogens with zero attached hydrogens (tertiary/aromatic N) is 3. The zero-order valence-corrected chi connectivity index (χ0v) is 15.1. The Bertz CT molecular complexity index is 869. The lowest BCUT2D eigenvalue weighted by Crippen LogP contribution is -2.01. The molecule has 116 valence electrons. The minimum Gasteiger partial charge on any atom is -0.303 e. The van der Waals surface area contributed by atoms with Crippen molar-refractivity contribution in [2.24, 2.45) is 4.99 Å². The standard InChI is InChI=1S/C18H15BrClN3/c1-12-9-14(11-22-15-6-7-16(19)17(20)10-15)13(2)23(12)18-5-3-4-8-21-18/h3-11H,1-2H3. The van der Waals surface area contributed by atoms with Gasteiger partial charge in [-0.05, 0) is 66.2 Å². The number of pyridine rings is 1. The van der Waals surface area contributed by atoms with Crippen molar-refractivity contribution >= 4 is 39.4 Å². The van der Waals surface area contributed by atoms with Crippen molar-refractivity contribution in [3.05, 3.63) is 75.1 Å². The van der Waals surface area contributed by atoms with Crippen LogP contribution in [0.4, 0.5) is 5.69 Å². The predicted molar refractivity (Wildman–Crippen MR) is 99.4 cm³/mol. The summed E-state index contributed by atoms with van der Waals surface area (Å²) < 4.78 is 2.99. The van der Waals surface area contributed by atoms with Crippen molar-refractivity contribution in [2.45, 2.75) is 13.8 Å². The van der Waals surface area contributed by atoms with E-state index in [9.17, 15) is 0 Å². The molecule has 0 atom stereocenters. The van der Waals surface area contributed by atoms with E-state index in [2.05, 4.69) is 50.4 Å². The lowest BCUT2D eigenvalue weighted by atomic mass is 10.2. The molecule has 2 aromatic heterocycles. The Morgan fingerprint density at radius 2 is 2.00 bits per heavy atom. The molecule has 0 aliphatic rings. The SMILES string of the molecule is Cc1cc(C=Nc2ccc(Br)c(Cl)c2)c(C)n1-c1ccccn1. The van der Waals surface area contributed by atoms with Crippen molar-refractivity contribution < 1.29 is 0 Å². The molecule has 0 spiro atoms. The number of rotatable bonds is 3. The van der Waals surface area contributed by atoms with Crippen molar-refractivity contribution in [1.29, 1.82) is 0 Å². The second-order valence-corrected chi connectivity index (χ2v) is 6.47. The van der Waals surface area contributed by atoms with Crippen LogP contribution in [0.15, 0.2) is 58.1 Å². The van der Waals surface area contributed by atoms with Crippen LogP contribution in [0.2, 0.25) is 5.02 Å². The molecule has 2 heterocycles. The van der Waals surface area contributed by atoms with Crippen molar-refractivity contribution in [1.82, 2.24) is 9.55 Å². The largest absolute Gasteiger partial charge is 0.303 e. The summed E-state index contributed by atoms with van der Waals surface area (Å²) in [5, 5.41) is 0.651. The fourth-order valence-electron chi connectivity index (χ4n) is 2.47. The van der Waals surface area contributed by atoms with Gasteiger partial charge in [-0.3, -0.25) is 4.99 Å². The molecule has 0 N–H and O–H groups in total. The van der Waals surface area contributed by atoms with Gasteiger partial charge in [0.15, 0.2) is 0 Å². The lowest BCUT2D eigenvalue weighted by Gasteiger charge is -2.07. The Labute approximate surface area is 148 Å². The molecule has 0 aliphatic carbocycles. The summed E-state index contributed by atoms with van der Waals surface area (Å²) in [4.78, 5) is 8.94. The highest BCUT2D eigenvalue weighted by Gasteiger charge is 2.09. The minimum absolute atomic E-state index is 0.651. The molecule has 0 amide bonds. The molecule has 0 saturated heterocycles. The summed E-state index contributed by atoms with van der Waals surface area (Å²) in [6, 6.07) is 13.6. The molecule has 0 aliphatic heterocycles. The van der Waals surface area contributed by atoms with Crippen molar-refractivity contribution in [3.63, 3.8) is 0 Å². The number of hydrogen-bond acceptors (Lipinski definition) is 2. The monoisotopic (exact) mass is 387 g/mol. The summed E-state index contributed by atoms with van der Waals surface area (Å²) in [5.41, 5.74) is 4.11. The molecule has 3 nitrogen and oxygen atoms in total. The summed E-state index contributed by atoms with van der Waals surface area (Å²) >= 11 is 9.48. The van der Waals surface area contributed by atoms with Gasteiger partial charge in [0.25, 0.3) is 0 Å². The fourth-order valence-corrected chi connectivity index (χ4v) is 2.89. The molecule has 0 bridgehead atoms. The average molecular weight is 389 g/mol. The van der Waals surface area contributed by atoms with Gasteiger partial charge >= 0.3 is 0 Å². The number of hydrogen-bond donors (Lipinski definition) is 0. The van der Waals surface area contributed by atoms with Crippen molar-refractivity contribution in [3.8, 4) is 5.82 Å². The van der Waals surface area contributed by atoms with Crippen LogP contribution in [0.1, 0.15) is 17.0 Å². The molecule has 0 unspecified atom stereocenters. The first-order chi connectivity index (χ1) is 11.1. The average Bonchev–Trinajstić information content (AvgIpc) is 2.83. The quantitative estimate of drug-likeness (QED) is 0.533. The topological polar surface area (TPSA) is 30.2 Å². The van der Waals surface area contributed by atoms with Crippen LogP contribution < -0.4 is 0 Å². The van der Waals surface area contributed by atoms with Gasteiger partial charge in [-0.25, -0.2) is 4.98 Å². The van der Waals surface area contributed by atoms with E-state index in [-0.39, 0.29) is 0 Å². The minimum atomic E-state index is 0.651. The number of aryl methyl sites for hydroxylation is 1. The van der Waals surface area contributed by atoms with Gasteiger partial charge in [0, 0.05) is 33.8 Å². The Morgan fingerprint density at radius 3 is 2.70 bits per heavy atom. The molecule has 0 radical (unpaired) electrons. The van der Waals surface area contributed by atoms with Crippen LogP contribution in [0.25, 0.3) is 5.82 Å². The van der Waals surface area contributed by atoms with E-state index >= 15 is 0 Å². The number of aromatic nitrogens is 2. The molecular formula is C18H15BrClN3. The van der Waals surface area contributed by atoms with Crippen LogP contribution in [-0.4, -0.2) is 15.8 Å². The maximum absolute atomic E-state index is 6.10. The normalized spacial score (nSPS) is 11.3. The number of halogens is 2. The Balaban J connectivity index is 1.95. The van der Waals surface area contributed by atoms with E-state index < -0.39 is 0 Å². The van der Waals surface area contributed by atoms with E-state index in [0.717, 1.165) is 32.9 Å². The van der Waals surface area contributed by atoms with Crippen LogP contribution in [-0.2, 0) is 0 Å². The summed E-state index contributed by atoms with van der Waals surface area (Å²) in [7, 11) is 0. The summed E-state index contributed by atoms with van der Waals surface area (Å²) in [6.07, 6.45) is 3.66. The maximum atomic E-state index is 6.10. The third-order valence-electron chi connectivity index (χ3n) is 3.60. The van der Waals surface area contributed by atoms with E-state index in [1.54, 1.807) is 6.20 Å². The maximum Gasteiger partial charge on any atom is 0.136 e. The molecule has 0 fully saturated rings. The molecule has 1 aromatic carbocycles. The second kappa shape index (κ2) is 6.69. The zero-order valence-electron chi connectivity index (χ0n) is 12.8. The highest BCUT2D eigenvalue weighted by Crippen LogP contribution is 2.27. The zero-order chi connectivity index (χ0) is 16.4. The molecule has 3 aromatic rings. The van der Waals surface area contributed by atoms with E-state index in [1.807, 2.05) is 42.6 Å². The molecule has 0 saturated carbocycles. The van der Waals surface area contributed by atoms with Gasteiger partial charge in [-0.1, -0.05) is 17.7 Å². The lowest BCUT2D eigenvalue weighted by molar-refractivity contribution is 0.921. The number of benzene rings is 1. The highest BCUT2D eigenvalue weighted by atomic mass is 79.9. The summed E-state index contributed by atoms with van der Waals surface area (Å²) in [6.45, 7) is 4.13. The first-order valence-corrected chi connectivity index (χ1v) is 8.33. The van der Waals surface area contributed by atoms with Crippen LogP contribution in [0.3, 0.4) is 0 Å². The smallest absolute Gasteiger partial charge is 0.136 e. The second-order valence-electron chi connectivity index (χ2n) is 5.21. The third kappa shape index (κ3) is 3.38. The van der Waals surface area contributed by atoms with Gasteiger partial charge in [0.2, 0.25) is 0 Å². The van der Waals surface area contributed by atoms with Gasteiger partial charge in [-0.15, -0.1) is 0 Å². The first-order valence-electron chi connectivity index (χ1n) is 7.16. The molecule has 3 rings (SSSR count). The van der Waals surface area contributed by atoms with Gasteiger partial charge in [0.1, 0.15) is 5.82 Å². The van der Waals surface area contributed by atoms with Crippen LogP contribution in [0.5, 0.6) is 0 Å². The van der Waals surface area contributed by atoms with E-state index in [4.69, 9.17) is 11.6 Å². The number of aliphatic imine (C=N–C) groups is 1. The fraction of sp³-hybridized carbons (Fsp3) is 0.111. The van der Waals surface area contributed by atoms with Gasteiger partial charge in [-0.2, -0.15) is 0 Å². The van der Waals surface area contributed by atoms with Gasteiger partial charge < -0.3 is 4.57 Å². The highest BCUT2D eigenvalue weighted by molar-refractivity contribution is 9.10. The third-order valence-corrected chi connectivity index (χ3v) is 4.84. The van der Waals surface area contributed by atoms with E-state index in [1.165, 1.54) is 0 Å². The Kier molecular flexibility index (Phi) is 4.64. The molecule has 23 heavy (non-hydrogen) atoms. The Hall–Kier alpha value is -1.91. The predicted octanol–water partition coefficient (Wildman–Crippen LogP) is 5.66.